The van der Waals surface area contributed by atoms with E-state index in [4.69, 9.17) is 5.73 Å². The number of hydrogen-bond acceptors (Lipinski definition) is 3. The lowest BCUT2D eigenvalue weighted by Gasteiger charge is -2.33. The van der Waals surface area contributed by atoms with Crippen molar-refractivity contribution in [3.63, 3.8) is 0 Å². The third-order valence-electron chi connectivity index (χ3n) is 2.98. The predicted octanol–water partition coefficient (Wildman–Crippen LogP) is 0.275. The normalized spacial score (nSPS) is 23.1. The molecule has 1 atom stereocenters. The predicted molar refractivity (Wildman–Crippen MR) is 67.8 cm³/mol. The quantitative estimate of drug-likeness (QED) is 0.799. The Kier molecular flexibility index (Phi) is 6.81. The zero-order valence-corrected chi connectivity index (χ0v) is 11.6. The van der Waals surface area contributed by atoms with Gasteiger partial charge in [0.2, 0.25) is 0 Å². The highest BCUT2D eigenvalue weighted by molar-refractivity contribution is 7.86. The van der Waals surface area contributed by atoms with Crippen LogP contribution in [0.15, 0.2) is 0 Å². The first-order valence-corrected chi connectivity index (χ1v) is 6.83. The lowest BCUT2D eigenvalue weighted by atomic mass is 10.0. The molecule has 0 aliphatic carbocycles. The van der Waals surface area contributed by atoms with Crippen LogP contribution in [-0.2, 0) is 10.2 Å². The Morgan fingerprint density at radius 1 is 1.50 bits per heavy atom. The van der Waals surface area contributed by atoms with Crippen LogP contribution in [0.2, 0.25) is 0 Å². The van der Waals surface area contributed by atoms with Crippen LogP contribution < -0.4 is 5.73 Å². The zero-order chi connectivity index (χ0) is 11.5. The summed E-state index contributed by atoms with van der Waals surface area (Å²) in [6.07, 6.45) is 1.96. The van der Waals surface area contributed by atoms with Crippen molar-refractivity contribution in [1.82, 2.24) is 8.61 Å². The molecule has 1 rings (SSSR count). The zero-order valence-electron chi connectivity index (χ0n) is 9.92. The summed E-state index contributed by atoms with van der Waals surface area (Å²) in [6, 6.07) is 0. The number of hydrogen-bond donors (Lipinski definition) is 1. The molecule has 1 fully saturated rings. The van der Waals surface area contributed by atoms with Gasteiger partial charge in [0, 0.05) is 26.7 Å². The molecule has 0 aromatic rings. The molecule has 1 unspecified atom stereocenters. The first kappa shape index (κ1) is 16.1. The second-order valence-electron chi connectivity index (χ2n) is 4.02. The van der Waals surface area contributed by atoms with E-state index in [0.717, 1.165) is 12.8 Å². The van der Waals surface area contributed by atoms with Gasteiger partial charge in [0.1, 0.15) is 0 Å². The SMILES string of the molecule is CCN(C)S(=O)(=O)N1CCCC(CN)C1.Cl. The van der Waals surface area contributed by atoms with Crippen molar-refractivity contribution in [3.05, 3.63) is 0 Å². The summed E-state index contributed by atoms with van der Waals surface area (Å²) in [5.41, 5.74) is 5.58. The van der Waals surface area contributed by atoms with Crippen molar-refractivity contribution >= 4 is 22.6 Å². The summed E-state index contributed by atoms with van der Waals surface area (Å²) in [5, 5.41) is 0. The number of rotatable bonds is 4. The maximum absolute atomic E-state index is 12.0. The monoisotopic (exact) mass is 271 g/mol. The van der Waals surface area contributed by atoms with E-state index in [9.17, 15) is 8.42 Å². The topological polar surface area (TPSA) is 66.6 Å². The summed E-state index contributed by atoms with van der Waals surface area (Å²) < 4.78 is 26.9. The first-order chi connectivity index (χ1) is 7.02. The minimum absolute atomic E-state index is 0. The molecule has 7 heteroatoms. The largest absolute Gasteiger partial charge is 0.330 e. The highest BCUT2D eigenvalue weighted by Gasteiger charge is 2.30. The molecule has 0 aromatic carbocycles. The van der Waals surface area contributed by atoms with Crippen molar-refractivity contribution in [2.75, 3.05) is 33.2 Å². The average molecular weight is 272 g/mol. The number of nitrogens with two attached hydrogens (primary N) is 1. The van der Waals surface area contributed by atoms with E-state index >= 15 is 0 Å². The minimum atomic E-state index is -3.24. The van der Waals surface area contributed by atoms with Crippen molar-refractivity contribution in [3.8, 4) is 0 Å². The van der Waals surface area contributed by atoms with Crippen molar-refractivity contribution in [1.29, 1.82) is 0 Å². The van der Waals surface area contributed by atoms with E-state index < -0.39 is 10.2 Å². The standard InChI is InChI=1S/C9H21N3O2S.ClH/c1-3-11(2)15(13,14)12-6-4-5-9(7-10)8-12;/h9H,3-8,10H2,1-2H3;1H. The van der Waals surface area contributed by atoms with Crippen LogP contribution in [0, 0.1) is 5.92 Å². The van der Waals surface area contributed by atoms with E-state index in [2.05, 4.69) is 0 Å². The lowest BCUT2D eigenvalue weighted by molar-refractivity contribution is 0.257. The summed E-state index contributed by atoms with van der Waals surface area (Å²) in [5.74, 6) is 0.318. The molecule has 0 spiro atoms. The second kappa shape index (κ2) is 6.76. The third-order valence-corrected chi connectivity index (χ3v) is 5.01. The molecule has 1 heterocycles. The summed E-state index contributed by atoms with van der Waals surface area (Å²) in [4.78, 5) is 0. The highest BCUT2D eigenvalue weighted by atomic mass is 35.5. The average Bonchev–Trinajstić information content (AvgIpc) is 2.27. The van der Waals surface area contributed by atoms with Crippen molar-refractivity contribution in [2.45, 2.75) is 19.8 Å². The molecule has 0 bridgehead atoms. The molecule has 0 radical (unpaired) electrons. The molecule has 2 N–H and O–H groups in total. The Balaban J connectivity index is 0.00000225. The van der Waals surface area contributed by atoms with Crippen LogP contribution in [-0.4, -0.2) is 50.3 Å². The van der Waals surface area contributed by atoms with Gasteiger partial charge in [-0.1, -0.05) is 6.92 Å². The minimum Gasteiger partial charge on any atom is -0.330 e. The van der Waals surface area contributed by atoms with Crippen LogP contribution in [0.3, 0.4) is 0 Å². The van der Waals surface area contributed by atoms with Gasteiger partial charge in [0.05, 0.1) is 0 Å². The summed E-state index contributed by atoms with van der Waals surface area (Å²) in [6.45, 7) is 4.11. The maximum Gasteiger partial charge on any atom is 0.281 e. The molecule has 0 saturated carbocycles. The van der Waals surface area contributed by atoms with E-state index in [-0.39, 0.29) is 12.4 Å². The molecule has 1 aliphatic heterocycles. The fraction of sp³-hybridized carbons (Fsp3) is 1.00. The molecule has 1 aliphatic rings. The van der Waals surface area contributed by atoms with Gasteiger partial charge in [0.15, 0.2) is 0 Å². The fourth-order valence-corrected chi connectivity index (χ4v) is 3.27. The third kappa shape index (κ3) is 3.56. The molecule has 0 aromatic heterocycles. The summed E-state index contributed by atoms with van der Waals surface area (Å²) >= 11 is 0. The second-order valence-corrected chi connectivity index (χ2v) is 6.06. The van der Waals surface area contributed by atoms with Gasteiger partial charge in [-0.25, -0.2) is 0 Å². The van der Waals surface area contributed by atoms with Crippen LogP contribution in [0.5, 0.6) is 0 Å². The van der Waals surface area contributed by atoms with Gasteiger partial charge < -0.3 is 5.73 Å². The van der Waals surface area contributed by atoms with Gasteiger partial charge in [-0.2, -0.15) is 17.0 Å². The van der Waals surface area contributed by atoms with Crippen LogP contribution >= 0.6 is 12.4 Å². The van der Waals surface area contributed by atoms with E-state index in [0.29, 0.717) is 32.1 Å². The van der Waals surface area contributed by atoms with Gasteiger partial charge in [-0.15, -0.1) is 12.4 Å². The van der Waals surface area contributed by atoms with Gasteiger partial charge >= 0.3 is 0 Å². The van der Waals surface area contributed by atoms with Crippen LogP contribution in [0.1, 0.15) is 19.8 Å². The van der Waals surface area contributed by atoms with Gasteiger partial charge in [-0.3, -0.25) is 0 Å². The number of nitrogens with zero attached hydrogens (tertiary/aromatic N) is 2. The van der Waals surface area contributed by atoms with Crippen LogP contribution in [0.25, 0.3) is 0 Å². The Bertz CT molecular complexity index is 297. The van der Waals surface area contributed by atoms with E-state index in [1.807, 2.05) is 6.92 Å². The molecular weight excluding hydrogens is 250 g/mol. The molecule has 16 heavy (non-hydrogen) atoms. The molecular formula is C9H22ClN3O2S. The van der Waals surface area contributed by atoms with Gasteiger partial charge in [0.25, 0.3) is 10.2 Å². The van der Waals surface area contributed by atoms with Gasteiger partial charge in [-0.05, 0) is 25.3 Å². The van der Waals surface area contributed by atoms with Crippen molar-refractivity contribution in [2.24, 2.45) is 11.7 Å². The molecule has 5 nitrogen and oxygen atoms in total. The van der Waals surface area contributed by atoms with E-state index in [1.165, 1.54) is 4.31 Å². The Labute approximate surface area is 105 Å². The molecule has 98 valence electrons. The number of halogens is 1. The molecule has 1 saturated heterocycles. The van der Waals surface area contributed by atoms with Crippen LogP contribution in [0.4, 0.5) is 0 Å². The fourth-order valence-electron chi connectivity index (χ4n) is 1.79. The highest BCUT2D eigenvalue weighted by Crippen LogP contribution is 2.19. The molecule has 0 amide bonds. The Morgan fingerprint density at radius 2 is 2.12 bits per heavy atom. The number of piperidine rings is 1. The Hall–Kier alpha value is 0.120. The summed E-state index contributed by atoms with van der Waals surface area (Å²) in [7, 11) is -1.63. The Morgan fingerprint density at radius 3 is 2.62 bits per heavy atom. The van der Waals surface area contributed by atoms with E-state index in [1.54, 1.807) is 11.4 Å². The lowest BCUT2D eigenvalue weighted by Crippen LogP contribution is -2.47. The van der Waals surface area contributed by atoms with Crippen molar-refractivity contribution < 1.29 is 8.42 Å². The maximum atomic E-state index is 12.0. The first-order valence-electron chi connectivity index (χ1n) is 5.43. The smallest absolute Gasteiger partial charge is 0.281 e.